The van der Waals surface area contributed by atoms with Crippen LogP contribution in [0.1, 0.15) is 43.6 Å². The van der Waals surface area contributed by atoms with Crippen LogP contribution in [0, 0.1) is 6.92 Å². The summed E-state index contributed by atoms with van der Waals surface area (Å²) >= 11 is 6.88. The largest absolute Gasteiger partial charge is 0.507 e. The molecule has 0 aliphatic carbocycles. The van der Waals surface area contributed by atoms with E-state index in [0.29, 0.717) is 45.6 Å². The van der Waals surface area contributed by atoms with Crippen molar-refractivity contribution in [3.05, 3.63) is 116 Å². The molecule has 0 spiro atoms. The second-order valence-corrected chi connectivity index (χ2v) is 12.2. The first kappa shape index (κ1) is 32.5. The number of nitrogens with zero attached hydrogens (tertiary/aromatic N) is 5. The van der Waals surface area contributed by atoms with Gasteiger partial charge in [-0.3, -0.25) is 19.4 Å². The molecule has 1 aliphatic rings. The molecule has 4 N–H and O–H groups in total. The number of fused-ring (bicyclic) bond motifs is 1. The molecule has 0 fully saturated rings. The van der Waals surface area contributed by atoms with E-state index in [9.17, 15) is 19.5 Å². The molecule has 48 heavy (non-hydrogen) atoms. The monoisotopic (exact) mass is 666 g/mol. The van der Waals surface area contributed by atoms with Crippen LogP contribution in [-0.2, 0) is 33.6 Å². The predicted molar refractivity (Wildman–Crippen MR) is 186 cm³/mol. The lowest BCUT2D eigenvalue weighted by Gasteiger charge is -2.21. The van der Waals surface area contributed by atoms with Gasteiger partial charge in [-0.2, -0.15) is 0 Å². The Morgan fingerprint density at radius 1 is 0.979 bits per heavy atom. The molecule has 246 valence electrons. The fourth-order valence-corrected chi connectivity index (χ4v) is 5.99. The molecule has 6 rings (SSSR count). The van der Waals surface area contributed by atoms with Crippen LogP contribution in [0.3, 0.4) is 0 Å². The Bertz CT molecular complexity index is 2120. The maximum Gasteiger partial charge on any atom is 0.291 e. The number of hydrogen-bond donors (Lipinski definition) is 4. The van der Waals surface area contributed by atoms with Crippen LogP contribution in [0.25, 0.3) is 11.1 Å². The Labute approximate surface area is 282 Å². The average molecular weight is 667 g/mol. The minimum Gasteiger partial charge on any atom is -0.507 e. The number of likely N-dealkylation sites (N-methyl/N-ethyl adjacent to an activating group) is 1. The topological polar surface area (TPSA) is 146 Å². The maximum atomic E-state index is 13.3. The summed E-state index contributed by atoms with van der Waals surface area (Å²) in [6.45, 7) is 3.66. The van der Waals surface area contributed by atoms with Gasteiger partial charge in [0, 0.05) is 92.9 Å². The number of aromatic hydroxyl groups is 1. The number of amides is 2. The van der Waals surface area contributed by atoms with E-state index in [-0.39, 0.29) is 29.5 Å². The number of anilines is 3. The van der Waals surface area contributed by atoms with Crippen LogP contribution in [-0.4, -0.2) is 54.5 Å². The molecule has 4 heterocycles. The molecule has 2 amide bonds. The Balaban J connectivity index is 1.17. The first-order valence-corrected chi connectivity index (χ1v) is 15.7. The van der Waals surface area contributed by atoms with E-state index in [4.69, 9.17) is 11.6 Å². The van der Waals surface area contributed by atoms with Crippen molar-refractivity contribution < 1.29 is 14.7 Å². The second kappa shape index (κ2) is 13.3. The van der Waals surface area contributed by atoms with Crippen LogP contribution < -0.4 is 21.5 Å². The van der Waals surface area contributed by atoms with E-state index < -0.39 is 5.91 Å². The summed E-state index contributed by atoms with van der Waals surface area (Å²) in [5.74, 6) is -0.645. The van der Waals surface area contributed by atoms with Gasteiger partial charge in [0.05, 0.1) is 16.4 Å². The van der Waals surface area contributed by atoms with Gasteiger partial charge in [0.1, 0.15) is 11.4 Å². The minimum absolute atomic E-state index is 0.0278. The maximum absolute atomic E-state index is 13.3. The first-order valence-electron chi connectivity index (χ1n) is 15.3. The number of rotatable bonds is 8. The van der Waals surface area contributed by atoms with Crippen molar-refractivity contribution in [3.63, 3.8) is 0 Å². The number of carbonyl (C=O) groups excluding carboxylic acids is 2. The molecule has 0 unspecified atom stereocenters. The third-order valence-corrected chi connectivity index (χ3v) is 8.96. The first-order chi connectivity index (χ1) is 23.0. The average Bonchev–Trinajstić information content (AvgIpc) is 3.39. The summed E-state index contributed by atoms with van der Waals surface area (Å²) in [6, 6.07) is 15.3. The Morgan fingerprint density at radius 2 is 1.71 bits per heavy atom. The quantitative estimate of drug-likeness (QED) is 0.182. The molecule has 1 aliphatic heterocycles. The number of hydrogen-bond acceptors (Lipinski definition) is 8. The number of halogens is 1. The van der Waals surface area contributed by atoms with E-state index in [2.05, 4.69) is 30.8 Å². The molecule has 13 heteroatoms. The number of carbonyl (C=O) groups is 2. The fraction of sp³-hybridized carbons (Fsp3) is 0.229. The smallest absolute Gasteiger partial charge is 0.291 e. The second-order valence-electron chi connectivity index (χ2n) is 11.8. The summed E-state index contributed by atoms with van der Waals surface area (Å²) in [5.41, 5.74) is 6.04. The van der Waals surface area contributed by atoms with Gasteiger partial charge in [-0.05, 0) is 43.3 Å². The molecule has 2 aromatic carbocycles. The van der Waals surface area contributed by atoms with Gasteiger partial charge in [-0.15, -0.1) is 0 Å². The van der Waals surface area contributed by atoms with Crippen molar-refractivity contribution >= 4 is 40.5 Å². The van der Waals surface area contributed by atoms with Crippen molar-refractivity contribution in [2.75, 3.05) is 29.5 Å². The summed E-state index contributed by atoms with van der Waals surface area (Å²) in [7, 11) is 5.54. The van der Waals surface area contributed by atoms with Crippen LogP contribution in [0.5, 0.6) is 5.75 Å². The van der Waals surface area contributed by atoms with Gasteiger partial charge < -0.3 is 35.1 Å². The van der Waals surface area contributed by atoms with Gasteiger partial charge in [-0.1, -0.05) is 35.9 Å². The lowest BCUT2D eigenvalue weighted by atomic mass is 9.98. The van der Waals surface area contributed by atoms with E-state index in [0.717, 1.165) is 35.5 Å². The third-order valence-electron chi connectivity index (χ3n) is 8.55. The number of nitrogens with one attached hydrogen (secondary N) is 3. The third kappa shape index (κ3) is 6.53. The highest BCUT2D eigenvalue weighted by Gasteiger charge is 2.25. The molecule has 0 saturated carbocycles. The van der Waals surface area contributed by atoms with Gasteiger partial charge in [0.15, 0.2) is 5.82 Å². The lowest BCUT2D eigenvalue weighted by molar-refractivity contribution is 0.100. The van der Waals surface area contributed by atoms with Gasteiger partial charge >= 0.3 is 0 Å². The van der Waals surface area contributed by atoms with E-state index in [1.54, 1.807) is 43.6 Å². The normalized spacial score (nSPS) is 12.8. The van der Waals surface area contributed by atoms with Crippen molar-refractivity contribution in [3.8, 4) is 16.9 Å². The highest BCUT2D eigenvalue weighted by Crippen LogP contribution is 2.37. The highest BCUT2D eigenvalue weighted by molar-refractivity contribution is 6.36. The Kier molecular flexibility index (Phi) is 9.03. The van der Waals surface area contributed by atoms with Crippen molar-refractivity contribution in [2.24, 2.45) is 14.1 Å². The summed E-state index contributed by atoms with van der Waals surface area (Å²) in [4.78, 5) is 49.4. The number of aryl methyl sites for hydroxylation is 1. The molecule has 0 saturated heterocycles. The summed E-state index contributed by atoms with van der Waals surface area (Å²) in [6.07, 6.45) is 3.88. The Hall–Kier alpha value is -5.46. The molecule has 0 radical (unpaired) electrons. The predicted octanol–water partition coefficient (Wildman–Crippen LogP) is 4.95. The molecular formula is C35H35ClN8O4. The zero-order chi connectivity index (χ0) is 34.1. The summed E-state index contributed by atoms with van der Waals surface area (Å²) < 4.78 is 3.30. The van der Waals surface area contributed by atoms with Crippen molar-refractivity contribution in [2.45, 2.75) is 26.4 Å². The highest BCUT2D eigenvalue weighted by atomic mass is 35.5. The van der Waals surface area contributed by atoms with Gasteiger partial charge in [-0.25, -0.2) is 4.98 Å². The number of aromatic nitrogens is 4. The standard InChI is InChI=1S/C35H35ClN8O4/c1-20-23(24-8-6-10-26(32(24)36)41-35(48)33-39-28-19-42(2)13-12-29(28)44(33)4)7-5-9-25(20)40-34(47)27-16-30(45)21(18-38-27)17-37-22-11-14-43(3)31(46)15-22/h5-11,14-16,18,37H,12-13,17,19H2,1-4H3,(H,38,45)(H,40,47)(H,41,48). The lowest BCUT2D eigenvalue weighted by Crippen LogP contribution is -2.27. The Morgan fingerprint density at radius 3 is 2.46 bits per heavy atom. The van der Waals surface area contributed by atoms with Gasteiger partial charge in [0.25, 0.3) is 17.4 Å². The summed E-state index contributed by atoms with van der Waals surface area (Å²) in [5, 5.41) is 19.8. The SMILES string of the molecule is Cc1c(NC(=O)c2cc(O)c(CNc3ccn(C)c(=O)c3)cn2)cccc1-c1cccc(NC(=O)c2nc3c(n2C)CCN(C)C3)c1Cl. The fourth-order valence-electron chi connectivity index (χ4n) is 5.72. The minimum atomic E-state index is -0.507. The molecule has 12 nitrogen and oxygen atoms in total. The molecule has 3 aromatic heterocycles. The molecule has 5 aromatic rings. The van der Waals surface area contributed by atoms with E-state index in [1.807, 2.05) is 37.7 Å². The van der Waals surface area contributed by atoms with Crippen LogP contribution in [0.15, 0.2) is 71.8 Å². The van der Waals surface area contributed by atoms with Crippen molar-refractivity contribution in [1.29, 1.82) is 0 Å². The number of pyridine rings is 2. The molecule has 0 bridgehead atoms. The zero-order valence-corrected chi connectivity index (χ0v) is 27.7. The number of benzene rings is 2. The molecular weight excluding hydrogens is 632 g/mol. The van der Waals surface area contributed by atoms with E-state index >= 15 is 0 Å². The van der Waals surface area contributed by atoms with Crippen LogP contribution >= 0.6 is 11.6 Å². The van der Waals surface area contributed by atoms with Crippen LogP contribution in [0.4, 0.5) is 17.1 Å². The van der Waals surface area contributed by atoms with Crippen molar-refractivity contribution in [1.82, 2.24) is 24.0 Å². The van der Waals surface area contributed by atoms with Gasteiger partial charge in [0.2, 0.25) is 0 Å². The van der Waals surface area contributed by atoms with Crippen LogP contribution in [0.2, 0.25) is 5.02 Å². The zero-order valence-electron chi connectivity index (χ0n) is 27.0. The number of imidazole rings is 1. The van der Waals surface area contributed by atoms with E-state index in [1.165, 1.54) is 22.9 Å². The molecule has 0 atom stereocenters.